The first kappa shape index (κ1) is 21.0. The Morgan fingerprint density at radius 2 is 1.76 bits per heavy atom. The number of anilines is 1. The molecule has 5 rings (SSSR count). The molecule has 0 aliphatic rings. The number of amides is 1. The number of fused-ring (bicyclic) bond motifs is 1. The fourth-order valence-corrected chi connectivity index (χ4v) is 3.66. The number of nitrogens with zero attached hydrogens (tertiary/aromatic N) is 6. The maximum atomic E-state index is 13.4. The minimum atomic E-state index is -0.332. The second kappa shape index (κ2) is 8.26. The van der Waals surface area contributed by atoms with Crippen LogP contribution in [0.5, 0.6) is 0 Å². The zero-order valence-electron chi connectivity index (χ0n) is 18.3. The molecule has 34 heavy (non-hydrogen) atoms. The molecule has 8 nitrogen and oxygen atoms in total. The number of hydrogen-bond donors (Lipinski definition) is 1. The normalized spacial score (nSPS) is 10.9. The molecule has 0 saturated heterocycles. The summed E-state index contributed by atoms with van der Waals surface area (Å²) in [5.74, 6) is 0.497. The second-order valence-corrected chi connectivity index (χ2v) is 7.68. The predicted octanol–water partition coefficient (Wildman–Crippen LogP) is 5.05. The van der Waals surface area contributed by atoms with Crippen LogP contribution in [0, 0.1) is 19.3 Å². The molecule has 0 spiro atoms. The summed E-state index contributed by atoms with van der Waals surface area (Å²) in [5, 5.41) is 7.44. The molecule has 0 bridgehead atoms. The molecule has 0 unspecified atom stereocenters. The van der Waals surface area contributed by atoms with E-state index in [1.54, 1.807) is 53.2 Å². The van der Waals surface area contributed by atoms with E-state index < -0.39 is 0 Å². The van der Waals surface area contributed by atoms with Gasteiger partial charge in [0.25, 0.3) is 5.91 Å². The Kier molecular flexibility index (Phi) is 5.11. The molecular weight excluding hydrogens is 433 g/mol. The van der Waals surface area contributed by atoms with Crippen LogP contribution in [0.3, 0.4) is 0 Å². The van der Waals surface area contributed by atoms with Gasteiger partial charge in [-0.15, -0.1) is 0 Å². The van der Waals surface area contributed by atoms with Gasteiger partial charge in [-0.2, -0.15) is 5.10 Å². The smallest absolute Gasteiger partial charge is 0.256 e. The Labute approximate surface area is 194 Å². The maximum Gasteiger partial charge on any atom is 0.256 e. The van der Waals surface area contributed by atoms with Gasteiger partial charge in [0, 0.05) is 18.2 Å². The lowest BCUT2D eigenvalue weighted by molar-refractivity contribution is 0.102. The van der Waals surface area contributed by atoms with Crippen molar-refractivity contribution in [1.82, 2.24) is 24.1 Å². The van der Waals surface area contributed by atoms with Crippen LogP contribution in [0.2, 0.25) is 0 Å². The van der Waals surface area contributed by atoms with Crippen LogP contribution < -0.4 is 5.32 Å². The third kappa shape index (κ3) is 3.78. The van der Waals surface area contributed by atoms with Crippen molar-refractivity contribution in [1.29, 1.82) is 0 Å². The van der Waals surface area contributed by atoms with Crippen LogP contribution >= 0.6 is 0 Å². The Hall–Kier alpha value is -4.84. The van der Waals surface area contributed by atoms with Gasteiger partial charge in [-0.05, 0) is 43.3 Å². The summed E-state index contributed by atoms with van der Waals surface area (Å²) >= 11 is 0. The zero-order chi connectivity index (χ0) is 23.8. The summed E-state index contributed by atoms with van der Waals surface area (Å²) in [6.07, 6.45) is 1.63. The lowest BCUT2D eigenvalue weighted by Crippen LogP contribution is -2.11. The van der Waals surface area contributed by atoms with Crippen LogP contribution in [0.4, 0.5) is 15.9 Å². The summed E-state index contributed by atoms with van der Waals surface area (Å²) in [4.78, 5) is 25.0. The molecule has 1 amide bonds. The van der Waals surface area contributed by atoms with Crippen LogP contribution in [-0.2, 0) is 7.05 Å². The molecule has 0 atom stereocenters. The monoisotopic (exact) mass is 451 g/mol. The first-order valence-corrected chi connectivity index (χ1v) is 10.4. The molecule has 2 aromatic carbocycles. The fourth-order valence-electron chi connectivity index (χ4n) is 3.66. The number of aryl methyl sites for hydroxylation is 1. The minimum absolute atomic E-state index is 0.312. The molecule has 0 fully saturated rings. The summed E-state index contributed by atoms with van der Waals surface area (Å²) in [6.45, 7) is 8.91. The van der Waals surface area contributed by atoms with E-state index in [4.69, 9.17) is 6.57 Å². The Balaban J connectivity index is 1.48. The van der Waals surface area contributed by atoms with E-state index in [-0.39, 0.29) is 11.7 Å². The van der Waals surface area contributed by atoms with Gasteiger partial charge in [0.05, 0.1) is 24.2 Å². The third-order valence-corrected chi connectivity index (χ3v) is 5.50. The van der Waals surface area contributed by atoms with Gasteiger partial charge in [-0.3, -0.25) is 4.79 Å². The summed E-state index contributed by atoms with van der Waals surface area (Å²) in [5.41, 5.74) is 4.36. The van der Waals surface area contributed by atoms with Crippen molar-refractivity contribution in [2.75, 3.05) is 5.32 Å². The van der Waals surface area contributed by atoms with Gasteiger partial charge >= 0.3 is 0 Å². The number of hydrogen-bond acceptors (Lipinski definition) is 4. The summed E-state index contributed by atoms with van der Waals surface area (Å²) < 4.78 is 16.9. The van der Waals surface area contributed by atoms with Crippen LogP contribution in [0.15, 0.2) is 66.9 Å². The van der Waals surface area contributed by atoms with Crippen molar-refractivity contribution in [3.05, 3.63) is 95.5 Å². The topological polar surface area (TPSA) is 81.5 Å². The molecule has 3 heterocycles. The molecule has 0 aliphatic carbocycles. The van der Waals surface area contributed by atoms with Gasteiger partial charge in [-0.25, -0.2) is 23.7 Å². The van der Waals surface area contributed by atoms with Gasteiger partial charge in [0.2, 0.25) is 0 Å². The highest BCUT2D eigenvalue weighted by Gasteiger charge is 2.18. The Morgan fingerprint density at radius 1 is 1.03 bits per heavy atom. The van der Waals surface area contributed by atoms with E-state index in [2.05, 4.69) is 25.2 Å². The van der Waals surface area contributed by atoms with Crippen LogP contribution in [0.1, 0.15) is 16.2 Å². The Bertz CT molecular complexity index is 1580. The van der Waals surface area contributed by atoms with E-state index in [0.29, 0.717) is 34.1 Å². The molecule has 1 N–H and O–H groups in total. The average Bonchev–Trinajstić information content (AvgIpc) is 3.38. The highest BCUT2D eigenvalue weighted by atomic mass is 19.1. The number of aromatic nitrogens is 5. The van der Waals surface area contributed by atoms with Crippen molar-refractivity contribution in [3.8, 4) is 22.6 Å². The number of benzene rings is 2. The first-order valence-electron chi connectivity index (χ1n) is 10.4. The largest absolute Gasteiger partial charge is 0.330 e. The van der Waals surface area contributed by atoms with E-state index >= 15 is 0 Å². The van der Waals surface area contributed by atoms with E-state index in [9.17, 15) is 9.18 Å². The second-order valence-electron chi connectivity index (χ2n) is 7.68. The number of imidazole rings is 2. The number of carbonyl (C=O) groups is 1. The van der Waals surface area contributed by atoms with Crippen molar-refractivity contribution in [2.24, 2.45) is 7.05 Å². The highest BCUT2D eigenvalue weighted by molar-refractivity contribution is 6.04. The lowest BCUT2D eigenvalue weighted by Gasteiger charge is -2.07. The number of carbonyl (C=O) groups excluding carboxylic acids is 1. The van der Waals surface area contributed by atoms with Gasteiger partial charge in [-0.1, -0.05) is 24.3 Å². The van der Waals surface area contributed by atoms with Crippen LogP contribution in [0.25, 0.3) is 33.1 Å². The summed E-state index contributed by atoms with van der Waals surface area (Å²) in [7, 11) is 1.90. The molecule has 3 aromatic heterocycles. The van der Waals surface area contributed by atoms with Gasteiger partial charge in [0.15, 0.2) is 17.2 Å². The fraction of sp³-hybridized carbons (Fsp3) is 0.0800. The van der Waals surface area contributed by atoms with Crippen LogP contribution in [-0.4, -0.2) is 30.1 Å². The predicted molar refractivity (Wildman–Crippen MR) is 126 cm³/mol. The molecule has 0 saturated carbocycles. The van der Waals surface area contributed by atoms with E-state index in [1.807, 2.05) is 24.6 Å². The summed E-state index contributed by atoms with van der Waals surface area (Å²) in [6, 6.07) is 16.2. The lowest BCUT2D eigenvalue weighted by atomic mass is 10.1. The van der Waals surface area contributed by atoms with Gasteiger partial charge in [0.1, 0.15) is 17.3 Å². The van der Waals surface area contributed by atoms with Crippen molar-refractivity contribution >= 4 is 23.1 Å². The van der Waals surface area contributed by atoms with Crippen molar-refractivity contribution < 1.29 is 9.18 Å². The first-order chi connectivity index (χ1) is 16.4. The quantitative estimate of drug-likeness (QED) is 0.388. The average molecular weight is 451 g/mol. The third-order valence-electron chi connectivity index (χ3n) is 5.50. The molecule has 9 heteroatoms. The minimum Gasteiger partial charge on any atom is -0.330 e. The SMILES string of the molecule is [C-]#[N+]c1ccc(C(=O)Nc2cn3nc(-c4c(-c5ccc(F)cc5)nc(C)n4C)ccc3n2)cc1. The molecule has 5 aromatic rings. The standard InChI is InChI=1S/C25H18FN7O/c1-15-28-23(16-4-8-18(26)9-5-16)24(32(15)3)20-12-13-22-29-21(14-33(22)31-20)30-25(34)17-6-10-19(27-2)11-7-17/h4-14H,1,3H3,(H,30,34). The number of halogens is 1. The zero-order valence-corrected chi connectivity index (χ0v) is 18.3. The van der Waals surface area contributed by atoms with Crippen molar-refractivity contribution in [2.45, 2.75) is 6.92 Å². The molecule has 0 aliphatic heterocycles. The van der Waals surface area contributed by atoms with E-state index in [0.717, 1.165) is 17.1 Å². The molecule has 0 radical (unpaired) electrons. The maximum absolute atomic E-state index is 13.4. The van der Waals surface area contributed by atoms with E-state index in [1.165, 1.54) is 12.1 Å². The number of nitrogens with one attached hydrogen (secondary N) is 1. The highest BCUT2D eigenvalue weighted by Crippen LogP contribution is 2.31. The molecule has 166 valence electrons. The molecular formula is C25H18FN7O. The number of rotatable bonds is 4. The van der Waals surface area contributed by atoms with Gasteiger partial charge < -0.3 is 9.88 Å². The Morgan fingerprint density at radius 3 is 2.47 bits per heavy atom. The van der Waals surface area contributed by atoms with Crippen molar-refractivity contribution in [3.63, 3.8) is 0 Å².